The Kier molecular flexibility index (Phi) is 5.85. The maximum absolute atomic E-state index is 14.6. The fraction of sp³-hybridized carbons (Fsp3) is 0.0909. The number of rotatable bonds is 5. The van der Waals surface area contributed by atoms with Crippen LogP contribution >= 0.6 is 12.2 Å². The molecule has 4 rings (SSSR count). The number of ether oxygens (including phenoxy) is 1. The van der Waals surface area contributed by atoms with E-state index in [0.29, 0.717) is 16.7 Å². The number of hydrogen-bond donors (Lipinski definition) is 2. The van der Waals surface area contributed by atoms with Crippen LogP contribution in [0.15, 0.2) is 67.1 Å². The van der Waals surface area contributed by atoms with Gasteiger partial charge in [-0.1, -0.05) is 30.3 Å². The summed E-state index contributed by atoms with van der Waals surface area (Å²) in [5, 5.41) is 5.46. The van der Waals surface area contributed by atoms with Gasteiger partial charge in [0.1, 0.15) is 11.8 Å². The number of fused-ring (bicyclic) bond motifs is 1. The quantitative estimate of drug-likeness (QED) is 0.462. The molecule has 2 N–H and O–H groups in total. The topological polar surface area (TPSA) is 81.1 Å². The molecule has 0 atom stereocenters. The summed E-state index contributed by atoms with van der Waals surface area (Å²) in [6, 6.07) is 15.4. The van der Waals surface area contributed by atoms with Crippen molar-refractivity contribution in [2.24, 2.45) is 7.05 Å². The first-order valence-corrected chi connectivity index (χ1v) is 9.78. The third-order valence-corrected chi connectivity index (χ3v) is 4.69. The van der Waals surface area contributed by atoms with E-state index < -0.39 is 5.82 Å². The molecule has 1 amide bonds. The smallest absolute Gasteiger partial charge is 0.247 e. The van der Waals surface area contributed by atoms with Gasteiger partial charge in [0.05, 0.1) is 11.9 Å². The van der Waals surface area contributed by atoms with Gasteiger partial charge in [-0.3, -0.25) is 4.79 Å². The fourth-order valence-electron chi connectivity index (χ4n) is 3.04. The van der Waals surface area contributed by atoms with E-state index in [1.54, 1.807) is 10.6 Å². The highest BCUT2D eigenvalue weighted by atomic mass is 32.1. The van der Waals surface area contributed by atoms with Crippen LogP contribution in [-0.2, 0) is 18.3 Å². The van der Waals surface area contributed by atoms with E-state index in [9.17, 15) is 9.18 Å². The number of carbonyl (C=O) groups is 1. The summed E-state index contributed by atoms with van der Waals surface area (Å²) in [5.41, 5.74) is 2.60. The van der Waals surface area contributed by atoms with Crippen molar-refractivity contribution >= 4 is 40.0 Å². The van der Waals surface area contributed by atoms with E-state index >= 15 is 0 Å². The first-order valence-electron chi connectivity index (χ1n) is 9.38. The Morgan fingerprint density at radius 2 is 1.97 bits per heavy atom. The SMILES string of the molecule is Cn1ccc2ncnc(Oc3ccc(NC(=S)NC(=O)Cc4ccccc4)cc3F)c21. The van der Waals surface area contributed by atoms with Crippen LogP contribution in [0.1, 0.15) is 5.56 Å². The van der Waals surface area contributed by atoms with Crippen LogP contribution in [-0.4, -0.2) is 25.6 Å². The normalized spacial score (nSPS) is 10.6. The lowest BCUT2D eigenvalue weighted by Crippen LogP contribution is -2.35. The number of thiocarbonyl (C=S) groups is 1. The standard InChI is InChI=1S/C22H18FN5O2S/c1-28-10-9-17-20(28)21(25-13-24-17)30-18-8-7-15(12-16(18)23)26-22(31)27-19(29)11-14-5-3-2-4-6-14/h2-10,12-13H,11H2,1H3,(H2,26,27,29,31). The van der Waals surface area contributed by atoms with Crippen LogP contribution in [0.5, 0.6) is 11.6 Å². The average Bonchev–Trinajstić information content (AvgIpc) is 3.12. The summed E-state index contributed by atoms with van der Waals surface area (Å²) in [7, 11) is 1.83. The second-order valence-electron chi connectivity index (χ2n) is 6.75. The minimum Gasteiger partial charge on any atom is -0.434 e. The Hall–Kier alpha value is -3.85. The van der Waals surface area contributed by atoms with Gasteiger partial charge in [-0.25, -0.2) is 9.37 Å². The zero-order valence-electron chi connectivity index (χ0n) is 16.5. The number of anilines is 1. The van der Waals surface area contributed by atoms with Crippen molar-refractivity contribution in [1.29, 1.82) is 0 Å². The van der Waals surface area contributed by atoms with Gasteiger partial charge in [-0.05, 0) is 36.0 Å². The second kappa shape index (κ2) is 8.88. The Bertz CT molecular complexity index is 1260. The Morgan fingerprint density at radius 1 is 1.16 bits per heavy atom. The van der Waals surface area contributed by atoms with Gasteiger partial charge < -0.3 is 19.9 Å². The maximum atomic E-state index is 14.6. The molecule has 0 saturated carbocycles. The van der Waals surface area contributed by atoms with Crippen molar-refractivity contribution in [3.63, 3.8) is 0 Å². The molecule has 4 aromatic rings. The number of amides is 1. The number of nitrogens with zero attached hydrogens (tertiary/aromatic N) is 3. The first-order chi connectivity index (χ1) is 15.0. The van der Waals surface area contributed by atoms with Gasteiger partial charge in [-0.2, -0.15) is 4.98 Å². The van der Waals surface area contributed by atoms with Crippen molar-refractivity contribution in [2.45, 2.75) is 6.42 Å². The number of carbonyl (C=O) groups excluding carboxylic acids is 1. The number of hydrogen-bond acceptors (Lipinski definition) is 5. The minimum absolute atomic E-state index is 0.00535. The zero-order valence-corrected chi connectivity index (χ0v) is 17.3. The molecule has 0 fully saturated rings. The summed E-state index contributed by atoms with van der Waals surface area (Å²) in [6.07, 6.45) is 3.38. The van der Waals surface area contributed by atoms with Crippen molar-refractivity contribution in [3.8, 4) is 11.6 Å². The number of nitrogens with one attached hydrogen (secondary N) is 2. The molecule has 9 heteroatoms. The highest BCUT2D eigenvalue weighted by Gasteiger charge is 2.13. The molecule has 2 aromatic heterocycles. The molecule has 31 heavy (non-hydrogen) atoms. The number of aryl methyl sites for hydroxylation is 1. The maximum Gasteiger partial charge on any atom is 0.247 e. The molecule has 0 aliphatic carbocycles. The molecule has 7 nitrogen and oxygen atoms in total. The highest BCUT2D eigenvalue weighted by molar-refractivity contribution is 7.80. The molecule has 2 heterocycles. The van der Waals surface area contributed by atoms with Gasteiger partial charge in [0.2, 0.25) is 11.8 Å². The molecule has 0 aliphatic rings. The van der Waals surface area contributed by atoms with E-state index in [2.05, 4.69) is 20.6 Å². The van der Waals surface area contributed by atoms with Gasteiger partial charge in [-0.15, -0.1) is 0 Å². The molecule has 0 spiro atoms. The van der Waals surface area contributed by atoms with Gasteiger partial charge >= 0.3 is 0 Å². The van der Waals surface area contributed by atoms with Crippen molar-refractivity contribution in [3.05, 3.63) is 78.5 Å². The molecule has 156 valence electrons. The lowest BCUT2D eigenvalue weighted by atomic mass is 10.1. The summed E-state index contributed by atoms with van der Waals surface area (Å²) in [4.78, 5) is 20.4. The lowest BCUT2D eigenvalue weighted by Gasteiger charge is -2.12. The summed E-state index contributed by atoms with van der Waals surface area (Å²) < 4.78 is 22.1. The molecule has 0 aliphatic heterocycles. The van der Waals surface area contributed by atoms with E-state index in [-0.39, 0.29) is 29.1 Å². The molecule has 0 radical (unpaired) electrons. The van der Waals surface area contributed by atoms with E-state index in [4.69, 9.17) is 17.0 Å². The molecule has 2 aromatic carbocycles. The number of aromatic nitrogens is 3. The monoisotopic (exact) mass is 435 g/mol. The number of benzene rings is 2. The third kappa shape index (κ3) is 4.84. The van der Waals surface area contributed by atoms with Crippen LogP contribution in [0.25, 0.3) is 11.0 Å². The van der Waals surface area contributed by atoms with Gasteiger partial charge in [0, 0.05) is 25.0 Å². The van der Waals surface area contributed by atoms with Gasteiger partial charge in [0.25, 0.3) is 0 Å². The molecule has 0 bridgehead atoms. The summed E-state index contributed by atoms with van der Waals surface area (Å²) in [6.45, 7) is 0. The van der Waals surface area contributed by atoms with E-state index in [1.165, 1.54) is 18.5 Å². The minimum atomic E-state index is -0.607. The zero-order chi connectivity index (χ0) is 21.8. The molecular formula is C22H18FN5O2S. The first kappa shape index (κ1) is 20.4. The Balaban J connectivity index is 1.41. The molecular weight excluding hydrogens is 417 g/mol. The van der Waals surface area contributed by atoms with Crippen LogP contribution in [0.4, 0.5) is 10.1 Å². The molecule has 0 unspecified atom stereocenters. The highest BCUT2D eigenvalue weighted by Crippen LogP contribution is 2.29. The number of halogens is 1. The summed E-state index contributed by atoms with van der Waals surface area (Å²) >= 11 is 5.15. The van der Waals surface area contributed by atoms with Crippen molar-refractivity contribution in [2.75, 3.05) is 5.32 Å². The van der Waals surface area contributed by atoms with Crippen LogP contribution in [0.2, 0.25) is 0 Å². The van der Waals surface area contributed by atoms with Crippen molar-refractivity contribution < 1.29 is 13.9 Å². The fourth-order valence-corrected chi connectivity index (χ4v) is 3.27. The lowest BCUT2D eigenvalue weighted by molar-refractivity contribution is -0.119. The predicted octanol–water partition coefficient (Wildman–Crippen LogP) is 3.96. The van der Waals surface area contributed by atoms with Crippen LogP contribution in [0.3, 0.4) is 0 Å². The van der Waals surface area contributed by atoms with Crippen molar-refractivity contribution in [1.82, 2.24) is 19.9 Å². The molecule has 0 saturated heterocycles. The second-order valence-corrected chi connectivity index (χ2v) is 7.16. The van der Waals surface area contributed by atoms with Gasteiger partial charge in [0.15, 0.2) is 16.7 Å². The average molecular weight is 435 g/mol. The van der Waals surface area contributed by atoms with E-state index in [1.807, 2.05) is 49.6 Å². The Morgan fingerprint density at radius 3 is 2.74 bits per heavy atom. The third-order valence-electron chi connectivity index (χ3n) is 4.48. The Labute approximate surface area is 182 Å². The van der Waals surface area contributed by atoms with E-state index in [0.717, 1.165) is 5.56 Å². The van der Waals surface area contributed by atoms with Crippen LogP contribution < -0.4 is 15.4 Å². The predicted molar refractivity (Wildman–Crippen MR) is 119 cm³/mol. The summed E-state index contributed by atoms with van der Waals surface area (Å²) in [5.74, 6) is -0.615. The van der Waals surface area contributed by atoms with Crippen LogP contribution in [0, 0.1) is 5.82 Å². The largest absolute Gasteiger partial charge is 0.434 e.